The first kappa shape index (κ1) is 15.0. The van der Waals surface area contributed by atoms with Gasteiger partial charge in [-0.15, -0.1) is 0 Å². The van der Waals surface area contributed by atoms with Gasteiger partial charge in [-0.05, 0) is 56.5 Å². The average molecular weight is 301 g/mol. The summed E-state index contributed by atoms with van der Waals surface area (Å²) in [4.78, 5) is 24.3. The van der Waals surface area contributed by atoms with Crippen LogP contribution in [-0.4, -0.2) is 30.9 Å². The van der Waals surface area contributed by atoms with Crippen LogP contribution in [0.25, 0.3) is 0 Å². The lowest BCUT2D eigenvalue weighted by molar-refractivity contribution is -0.117. The topological polar surface area (TPSA) is 70.2 Å². The Morgan fingerprint density at radius 1 is 1.23 bits per heavy atom. The lowest BCUT2D eigenvalue weighted by Gasteiger charge is -2.23. The number of nitrogens with one attached hydrogen (secondary N) is 3. The zero-order chi connectivity index (χ0) is 15.5. The molecule has 1 saturated carbocycles. The number of hydrogen-bond acceptors (Lipinski definition) is 3. The first-order valence-corrected chi connectivity index (χ1v) is 8.06. The fraction of sp³-hybridized carbons (Fsp3) is 0.529. The van der Waals surface area contributed by atoms with E-state index in [2.05, 4.69) is 22.9 Å². The van der Waals surface area contributed by atoms with Gasteiger partial charge < -0.3 is 16.0 Å². The maximum absolute atomic E-state index is 12.3. The number of carbonyl (C=O) groups is 2. The van der Waals surface area contributed by atoms with Gasteiger partial charge in [-0.1, -0.05) is 13.0 Å². The van der Waals surface area contributed by atoms with E-state index in [1.807, 2.05) is 12.1 Å². The fourth-order valence-corrected chi connectivity index (χ4v) is 2.90. The van der Waals surface area contributed by atoms with Crippen molar-refractivity contribution in [2.24, 2.45) is 11.8 Å². The summed E-state index contributed by atoms with van der Waals surface area (Å²) in [5, 5.41) is 9.25. The summed E-state index contributed by atoms with van der Waals surface area (Å²) in [7, 11) is 0. The molecule has 2 unspecified atom stereocenters. The van der Waals surface area contributed by atoms with Crippen molar-refractivity contribution in [3.05, 3.63) is 29.8 Å². The first-order chi connectivity index (χ1) is 10.6. The summed E-state index contributed by atoms with van der Waals surface area (Å²) >= 11 is 0. The number of hydrogen-bond donors (Lipinski definition) is 3. The number of amides is 2. The van der Waals surface area contributed by atoms with Crippen LogP contribution in [0.15, 0.2) is 24.3 Å². The molecule has 1 aromatic carbocycles. The number of rotatable bonds is 4. The van der Waals surface area contributed by atoms with Crippen LogP contribution in [0.5, 0.6) is 0 Å². The normalized spacial score (nSPS) is 24.6. The predicted molar refractivity (Wildman–Crippen MR) is 85.7 cm³/mol. The highest BCUT2D eigenvalue weighted by Crippen LogP contribution is 2.38. The van der Waals surface area contributed by atoms with E-state index in [0.717, 1.165) is 32.4 Å². The largest absolute Gasteiger partial charge is 0.349 e. The van der Waals surface area contributed by atoms with E-state index in [1.54, 1.807) is 12.1 Å². The molecular weight excluding hydrogens is 278 g/mol. The molecule has 1 heterocycles. The Labute approximate surface area is 130 Å². The predicted octanol–water partition coefficient (Wildman–Crippen LogP) is 1.76. The van der Waals surface area contributed by atoms with Crippen LogP contribution in [0.1, 0.15) is 36.5 Å². The van der Waals surface area contributed by atoms with Gasteiger partial charge in [0.05, 0.1) is 0 Å². The Balaban J connectivity index is 1.60. The van der Waals surface area contributed by atoms with Crippen molar-refractivity contribution in [1.29, 1.82) is 0 Å². The van der Waals surface area contributed by atoms with Crippen molar-refractivity contribution in [2.45, 2.75) is 32.2 Å². The monoisotopic (exact) mass is 301 g/mol. The van der Waals surface area contributed by atoms with E-state index in [9.17, 15) is 9.59 Å². The molecule has 118 valence electrons. The van der Waals surface area contributed by atoms with Gasteiger partial charge in [0.1, 0.15) is 0 Å². The smallest absolute Gasteiger partial charge is 0.251 e. The van der Waals surface area contributed by atoms with Crippen LogP contribution in [0.2, 0.25) is 0 Å². The quantitative estimate of drug-likeness (QED) is 0.793. The summed E-state index contributed by atoms with van der Waals surface area (Å²) in [6, 6.07) is 7.40. The molecule has 1 aliphatic carbocycles. The summed E-state index contributed by atoms with van der Waals surface area (Å²) in [6.07, 6.45) is 2.88. The van der Waals surface area contributed by atoms with E-state index in [1.165, 1.54) is 0 Å². The zero-order valence-corrected chi connectivity index (χ0v) is 12.9. The molecule has 0 bridgehead atoms. The minimum Gasteiger partial charge on any atom is -0.349 e. The van der Waals surface area contributed by atoms with Crippen molar-refractivity contribution in [3.63, 3.8) is 0 Å². The van der Waals surface area contributed by atoms with Gasteiger partial charge in [0.15, 0.2) is 0 Å². The van der Waals surface area contributed by atoms with Gasteiger partial charge in [-0.3, -0.25) is 9.59 Å². The van der Waals surface area contributed by atoms with Crippen molar-refractivity contribution in [1.82, 2.24) is 10.6 Å². The molecule has 0 spiro atoms. The van der Waals surface area contributed by atoms with Crippen LogP contribution in [0.3, 0.4) is 0 Å². The molecule has 3 N–H and O–H groups in total. The summed E-state index contributed by atoms with van der Waals surface area (Å²) in [5.41, 5.74) is 1.29. The van der Waals surface area contributed by atoms with Gasteiger partial charge >= 0.3 is 0 Å². The minimum atomic E-state index is -0.0669. The third kappa shape index (κ3) is 3.65. The first-order valence-electron chi connectivity index (χ1n) is 8.06. The molecular formula is C17H23N3O2. The van der Waals surface area contributed by atoms with E-state index in [4.69, 9.17) is 0 Å². The van der Waals surface area contributed by atoms with Crippen molar-refractivity contribution in [2.75, 3.05) is 18.4 Å². The maximum atomic E-state index is 12.3. The summed E-state index contributed by atoms with van der Waals surface area (Å²) < 4.78 is 0. The van der Waals surface area contributed by atoms with Crippen LogP contribution in [0.4, 0.5) is 5.69 Å². The van der Waals surface area contributed by atoms with Gasteiger partial charge in [0.25, 0.3) is 5.91 Å². The van der Waals surface area contributed by atoms with E-state index in [0.29, 0.717) is 17.2 Å². The molecule has 22 heavy (non-hydrogen) atoms. The Hall–Kier alpha value is -1.88. The van der Waals surface area contributed by atoms with Crippen LogP contribution in [0, 0.1) is 11.8 Å². The Morgan fingerprint density at radius 2 is 1.95 bits per heavy atom. The van der Waals surface area contributed by atoms with Gasteiger partial charge in [-0.2, -0.15) is 0 Å². The number of carbonyl (C=O) groups excluding carboxylic acids is 2. The van der Waals surface area contributed by atoms with Crippen LogP contribution >= 0.6 is 0 Å². The Bertz CT molecular complexity index is 567. The lowest BCUT2D eigenvalue weighted by Crippen LogP contribution is -2.42. The summed E-state index contributed by atoms with van der Waals surface area (Å²) in [6.45, 7) is 3.97. The van der Waals surface area contributed by atoms with E-state index < -0.39 is 0 Å². The van der Waals surface area contributed by atoms with Crippen molar-refractivity contribution in [3.8, 4) is 0 Å². The third-order valence-corrected chi connectivity index (χ3v) is 4.51. The maximum Gasteiger partial charge on any atom is 0.251 e. The van der Waals surface area contributed by atoms with Crippen molar-refractivity contribution < 1.29 is 9.59 Å². The third-order valence-electron chi connectivity index (χ3n) is 4.51. The molecule has 2 amide bonds. The van der Waals surface area contributed by atoms with Gasteiger partial charge in [0.2, 0.25) is 5.91 Å². The minimum absolute atomic E-state index is 0.0587. The second kappa shape index (κ2) is 6.48. The molecule has 0 radical (unpaired) electrons. The lowest BCUT2D eigenvalue weighted by atomic mass is 10.1. The molecule has 1 saturated heterocycles. The highest BCUT2D eigenvalue weighted by Gasteiger charge is 2.39. The SMILES string of the molecule is CC1CC1C(=O)Nc1cccc(C(=O)NC2CCNCC2)c1. The number of piperidine rings is 1. The van der Waals surface area contributed by atoms with Gasteiger partial charge in [0, 0.05) is 23.2 Å². The van der Waals surface area contributed by atoms with Gasteiger partial charge in [-0.25, -0.2) is 0 Å². The fourth-order valence-electron chi connectivity index (χ4n) is 2.90. The second-order valence-corrected chi connectivity index (χ2v) is 6.39. The van der Waals surface area contributed by atoms with Crippen LogP contribution in [-0.2, 0) is 4.79 Å². The Morgan fingerprint density at radius 3 is 2.64 bits per heavy atom. The average Bonchev–Trinajstić information content (AvgIpc) is 3.26. The molecule has 1 aromatic rings. The molecule has 2 aliphatic rings. The summed E-state index contributed by atoms with van der Waals surface area (Å²) in [5.74, 6) is 0.602. The number of benzene rings is 1. The molecule has 2 atom stereocenters. The van der Waals surface area contributed by atoms with Crippen LogP contribution < -0.4 is 16.0 Å². The Kier molecular flexibility index (Phi) is 4.43. The molecule has 0 aromatic heterocycles. The zero-order valence-electron chi connectivity index (χ0n) is 12.9. The molecule has 2 fully saturated rings. The second-order valence-electron chi connectivity index (χ2n) is 6.39. The van der Waals surface area contributed by atoms with E-state index >= 15 is 0 Å². The van der Waals surface area contributed by atoms with E-state index in [-0.39, 0.29) is 23.8 Å². The highest BCUT2D eigenvalue weighted by molar-refractivity contribution is 5.98. The van der Waals surface area contributed by atoms with Crippen molar-refractivity contribution >= 4 is 17.5 Å². The molecule has 5 nitrogen and oxygen atoms in total. The highest BCUT2D eigenvalue weighted by atomic mass is 16.2. The number of anilines is 1. The standard InChI is InChI=1S/C17H23N3O2/c1-11-9-15(11)17(22)20-14-4-2-3-12(10-14)16(21)19-13-5-7-18-8-6-13/h2-4,10-11,13,15,18H,5-9H2,1H3,(H,19,21)(H,20,22). The molecule has 1 aliphatic heterocycles. The molecule has 3 rings (SSSR count). The molecule has 5 heteroatoms.